The molecule has 0 bridgehead atoms. The van der Waals surface area contributed by atoms with Gasteiger partial charge < -0.3 is 10.5 Å². The second-order valence-corrected chi connectivity index (χ2v) is 3.46. The second kappa shape index (κ2) is 5.06. The van der Waals surface area contributed by atoms with Crippen molar-refractivity contribution in [3.05, 3.63) is 35.4 Å². The van der Waals surface area contributed by atoms with Gasteiger partial charge in [0.2, 0.25) is 0 Å². The van der Waals surface area contributed by atoms with E-state index in [9.17, 15) is 0 Å². The van der Waals surface area contributed by atoms with Gasteiger partial charge in [-0.1, -0.05) is 5.57 Å². The minimum Gasteiger partial charge on any atom is -0.487 e. The molecule has 1 aromatic rings. The number of nitrogens with zero attached hydrogens (tertiary/aromatic N) is 1. The quantitative estimate of drug-likeness (QED) is 0.605. The van der Waals surface area contributed by atoms with Gasteiger partial charge in [-0.3, -0.25) is 0 Å². The van der Waals surface area contributed by atoms with Crippen molar-refractivity contribution in [2.75, 3.05) is 12.3 Å². The highest BCUT2D eigenvalue weighted by molar-refractivity contribution is 5.56. The van der Waals surface area contributed by atoms with Gasteiger partial charge in [-0.2, -0.15) is 5.26 Å². The summed E-state index contributed by atoms with van der Waals surface area (Å²) in [4.78, 5) is 0. The topological polar surface area (TPSA) is 59.0 Å². The molecule has 0 aliphatic carbocycles. The molecule has 1 rings (SSSR count). The van der Waals surface area contributed by atoms with Crippen molar-refractivity contribution in [3.8, 4) is 11.8 Å². The molecule has 0 amide bonds. The summed E-state index contributed by atoms with van der Waals surface area (Å²) in [5.74, 6) is 0.617. The van der Waals surface area contributed by atoms with Crippen LogP contribution in [0.15, 0.2) is 29.8 Å². The molecule has 78 valence electrons. The lowest BCUT2D eigenvalue weighted by molar-refractivity contribution is 0.364. The summed E-state index contributed by atoms with van der Waals surface area (Å²) in [5, 5.41) is 8.65. The van der Waals surface area contributed by atoms with Crippen molar-refractivity contribution < 1.29 is 4.74 Å². The van der Waals surface area contributed by atoms with Gasteiger partial charge in [-0.15, -0.1) is 0 Å². The highest BCUT2D eigenvalue weighted by Gasteiger charge is 2.00. The summed E-state index contributed by atoms with van der Waals surface area (Å²) < 4.78 is 5.44. The fourth-order valence-corrected chi connectivity index (χ4v) is 1.05. The van der Waals surface area contributed by atoms with Crippen LogP contribution in [0.2, 0.25) is 0 Å². The van der Waals surface area contributed by atoms with Crippen LogP contribution >= 0.6 is 0 Å². The number of rotatable bonds is 3. The summed E-state index contributed by atoms with van der Waals surface area (Å²) in [7, 11) is 0. The fourth-order valence-electron chi connectivity index (χ4n) is 1.05. The van der Waals surface area contributed by atoms with Gasteiger partial charge in [-0.05, 0) is 38.1 Å². The average molecular weight is 202 g/mol. The summed E-state index contributed by atoms with van der Waals surface area (Å²) in [6.07, 6.45) is 1.97. The van der Waals surface area contributed by atoms with E-state index in [0.29, 0.717) is 23.6 Å². The van der Waals surface area contributed by atoms with Crippen molar-refractivity contribution in [1.82, 2.24) is 0 Å². The number of nitrogen functional groups attached to an aromatic ring is 1. The average Bonchev–Trinajstić information content (AvgIpc) is 2.20. The Morgan fingerprint density at radius 2 is 2.27 bits per heavy atom. The van der Waals surface area contributed by atoms with Crippen LogP contribution < -0.4 is 10.5 Å². The van der Waals surface area contributed by atoms with E-state index in [2.05, 4.69) is 0 Å². The Kier molecular flexibility index (Phi) is 3.75. The van der Waals surface area contributed by atoms with E-state index in [0.717, 1.165) is 0 Å². The SMILES string of the molecule is CC(C)=CCOc1ccc(C#N)cc1N. The normalized spacial score (nSPS) is 9.13. The summed E-state index contributed by atoms with van der Waals surface area (Å²) >= 11 is 0. The summed E-state index contributed by atoms with van der Waals surface area (Å²) in [6, 6.07) is 7.03. The predicted octanol–water partition coefficient (Wildman–Crippen LogP) is 2.49. The van der Waals surface area contributed by atoms with Gasteiger partial charge in [0.15, 0.2) is 0 Å². The van der Waals surface area contributed by atoms with Crippen LogP contribution in [0.3, 0.4) is 0 Å². The Bertz CT molecular complexity index is 412. The van der Waals surface area contributed by atoms with Crippen LogP contribution in [0, 0.1) is 11.3 Å². The Morgan fingerprint density at radius 1 is 1.53 bits per heavy atom. The molecule has 3 heteroatoms. The number of allylic oxidation sites excluding steroid dienone is 1. The molecule has 0 atom stereocenters. The molecule has 0 radical (unpaired) electrons. The molecule has 0 aliphatic rings. The first-order chi connectivity index (χ1) is 7.13. The monoisotopic (exact) mass is 202 g/mol. The molecular weight excluding hydrogens is 188 g/mol. The van der Waals surface area contributed by atoms with Crippen LogP contribution in [0.1, 0.15) is 19.4 Å². The second-order valence-electron chi connectivity index (χ2n) is 3.46. The van der Waals surface area contributed by atoms with Crippen LogP contribution in [-0.4, -0.2) is 6.61 Å². The van der Waals surface area contributed by atoms with E-state index < -0.39 is 0 Å². The van der Waals surface area contributed by atoms with E-state index >= 15 is 0 Å². The van der Waals surface area contributed by atoms with Gasteiger partial charge in [0.1, 0.15) is 12.4 Å². The van der Waals surface area contributed by atoms with E-state index in [1.165, 1.54) is 5.57 Å². The summed E-state index contributed by atoms with van der Waals surface area (Å²) in [6.45, 7) is 4.51. The van der Waals surface area contributed by atoms with E-state index in [4.69, 9.17) is 15.7 Å². The van der Waals surface area contributed by atoms with Crippen LogP contribution in [0.25, 0.3) is 0 Å². The van der Waals surface area contributed by atoms with Gasteiger partial charge >= 0.3 is 0 Å². The van der Waals surface area contributed by atoms with Crippen molar-refractivity contribution in [1.29, 1.82) is 5.26 Å². The van der Waals surface area contributed by atoms with Crippen LogP contribution in [0.5, 0.6) is 5.75 Å². The highest BCUT2D eigenvalue weighted by Crippen LogP contribution is 2.22. The zero-order chi connectivity index (χ0) is 11.3. The molecule has 0 unspecified atom stereocenters. The van der Waals surface area contributed by atoms with Gasteiger partial charge in [0.05, 0.1) is 17.3 Å². The van der Waals surface area contributed by atoms with E-state index in [-0.39, 0.29) is 0 Å². The third-order valence-electron chi connectivity index (χ3n) is 1.87. The first-order valence-corrected chi connectivity index (χ1v) is 4.69. The lowest BCUT2D eigenvalue weighted by Crippen LogP contribution is -1.98. The maximum Gasteiger partial charge on any atom is 0.142 e. The summed E-state index contributed by atoms with van der Waals surface area (Å²) in [5.41, 5.74) is 7.95. The van der Waals surface area contributed by atoms with Crippen molar-refractivity contribution >= 4 is 5.69 Å². The Hall–Kier alpha value is -1.95. The molecule has 0 saturated carbocycles. The number of hydrogen-bond acceptors (Lipinski definition) is 3. The predicted molar refractivity (Wildman–Crippen MR) is 60.5 cm³/mol. The maximum atomic E-state index is 8.65. The minimum absolute atomic E-state index is 0.496. The number of anilines is 1. The molecule has 3 nitrogen and oxygen atoms in total. The molecule has 0 fully saturated rings. The number of hydrogen-bond donors (Lipinski definition) is 1. The number of nitrogens with two attached hydrogens (primary N) is 1. The Balaban J connectivity index is 2.71. The largest absolute Gasteiger partial charge is 0.487 e. The molecule has 0 aromatic heterocycles. The molecule has 2 N–H and O–H groups in total. The highest BCUT2D eigenvalue weighted by atomic mass is 16.5. The van der Waals surface area contributed by atoms with Gasteiger partial charge in [0, 0.05) is 0 Å². The lowest BCUT2D eigenvalue weighted by atomic mass is 10.2. The van der Waals surface area contributed by atoms with Crippen molar-refractivity contribution in [2.45, 2.75) is 13.8 Å². The number of ether oxygens (including phenoxy) is 1. The molecule has 0 aliphatic heterocycles. The fraction of sp³-hybridized carbons (Fsp3) is 0.250. The number of nitriles is 1. The van der Waals surface area contributed by atoms with E-state index in [1.54, 1.807) is 18.2 Å². The molecular formula is C12H14N2O. The van der Waals surface area contributed by atoms with Gasteiger partial charge in [0.25, 0.3) is 0 Å². The van der Waals surface area contributed by atoms with E-state index in [1.807, 2.05) is 26.0 Å². The first-order valence-electron chi connectivity index (χ1n) is 4.69. The van der Waals surface area contributed by atoms with Crippen molar-refractivity contribution in [2.24, 2.45) is 0 Å². The number of benzene rings is 1. The molecule has 15 heavy (non-hydrogen) atoms. The Morgan fingerprint density at radius 3 is 2.80 bits per heavy atom. The maximum absolute atomic E-state index is 8.65. The molecule has 0 saturated heterocycles. The molecule has 1 aromatic carbocycles. The van der Waals surface area contributed by atoms with Crippen LogP contribution in [0.4, 0.5) is 5.69 Å². The standard InChI is InChI=1S/C12H14N2O/c1-9(2)5-6-15-12-4-3-10(8-13)7-11(12)14/h3-5,7H,6,14H2,1-2H3. The third kappa shape index (κ3) is 3.35. The van der Waals surface area contributed by atoms with Gasteiger partial charge in [-0.25, -0.2) is 0 Å². The Labute approximate surface area is 89.8 Å². The zero-order valence-electron chi connectivity index (χ0n) is 8.95. The van der Waals surface area contributed by atoms with Crippen LogP contribution in [-0.2, 0) is 0 Å². The molecule has 0 spiro atoms. The molecule has 0 heterocycles. The zero-order valence-corrected chi connectivity index (χ0v) is 8.95. The third-order valence-corrected chi connectivity index (χ3v) is 1.87. The van der Waals surface area contributed by atoms with Crippen molar-refractivity contribution in [3.63, 3.8) is 0 Å². The lowest BCUT2D eigenvalue weighted by Gasteiger charge is -2.06. The first kappa shape index (κ1) is 11.1. The smallest absolute Gasteiger partial charge is 0.142 e. The minimum atomic E-state index is 0.496.